The summed E-state index contributed by atoms with van der Waals surface area (Å²) in [5.74, 6) is 0.835. The van der Waals surface area contributed by atoms with E-state index in [2.05, 4.69) is 43.8 Å². The first-order valence-electron chi connectivity index (χ1n) is 8.23. The van der Waals surface area contributed by atoms with Crippen LogP contribution in [0.5, 0.6) is 0 Å². The molecule has 3 rings (SSSR count). The van der Waals surface area contributed by atoms with Gasteiger partial charge in [-0.1, -0.05) is 12.1 Å². The van der Waals surface area contributed by atoms with Crippen molar-refractivity contribution in [1.82, 2.24) is 14.3 Å². The van der Waals surface area contributed by atoms with Crippen LogP contribution >= 0.6 is 11.5 Å². The molecule has 124 valence electrons. The SMILES string of the molecule is COCCc1nsc(Nc2ccc(CCN3CCCC3)cc2)n1. The van der Waals surface area contributed by atoms with E-state index in [1.54, 1.807) is 7.11 Å². The Kier molecular flexibility index (Phi) is 5.96. The summed E-state index contributed by atoms with van der Waals surface area (Å²) in [6, 6.07) is 8.64. The highest BCUT2D eigenvalue weighted by atomic mass is 32.1. The van der Waals surface area contributed by atoms with E-state index in [1.165, 1.54) is 49.6 Å². The van der Waals surface area contributed by atoms with E-state index >= 15 is 0 Å². The van der Waals surface area contributed by atoms with E-state index in [9.17, 15) is 0 Å². The second-order valence-corrected chi connectivity index (χ2v) is 6.63. The van der Waals surface area contributed by atoms with Gasteiger partial charge in [-0.05, 0) is 50.0 Å². The highest BCUT2D eigenvalue weighted by molar-refractivity contribution is 7.09. The second kappa shape index (κ2) is 8.38. The molecular formula is C17H24N4OS. The largest absolute Gasteiger partial charge is 0.384 e. The summed E-state index contributed by atoms with van der Waals surface area (Å²) in [5, 5.41) is 4.15. The van der Waals surface area contributed by atoms with E-state index in [4.69, 9.17) is 4.74 Å². The fraction of sp³-hybridized carbons (Fsp3) is 0.529. The summed E-state index contributed by atoms with van der Waals surface area (Å²) < 4.78 is 9.37. The first-order chi connectivity index (χ1) is 11.3. The Morgan fingerprint density at radius 1 is 1.17 bits per heavy atom. The normalized spacial score (nSPS) is 15.2. The summed E-state index contributed by atoms with van der Waals surface area (Å²) in [4.78, 5) is 7.01. The van der Waals surface area contributed by atoms with Crippen LogP contribution in [0.1, 0.15) is 24.2 Å². The van der Waals surface area contributed by atoms with Gasteiger partial charge >= 0.3 is 0 Å². The van der Waals surface area contributed by atoms with Crippen molar-refractivity contribution < 1.29 is 4.74 Å². The summed E-state index contributed by atoms with van der Waals surface area (Å²) in [6.07, 6.45) is 4.60. The fourth-order valence-corrected chi connectivity index (χ4v) is 3.40. The second-order valence-electron chi connectivity index (χ2n) is 5.88. The molecule has 0 spiro atoms. The molecule has 2 heterocycles. The third kappa shape index (κ3) is 4.99. The predicted molar refractivity (Wildman–Crippen MR) is 94.6 cm³/mol. The maximum absolute atomic E-state index is 5.05. The van der Waals surface area contributed by atoms with Gasteiger partial charge in [-0.25, -0.2) is 4.98 Å². The number of methoxy groups -OCH3 is 1. The summed E-state index contributed by atoms with van der Waals surface area (Å²) >= 11 is 1.39. The first-order valence-corrected chi connectivity index (χ1v) is 9.00. The van der Waals surface area contributed by atoms with Crippen molar-refractivity contribution in [3.63, 3.8) is 0 Å². The van der Waals surface area contributed by atoms with Gasteiger partial charge in [0.05, 0.1) is 6.61 Å². The number of hydrogen-bond acceptors (Lipinski definition) is 6. The Hall–Kier alpha value is -1.50. The minimum absolute atomic E-state index is 0.655. The Balaban J connectivity index is 1.49. The molecule has 2 aromatic rings. The standard InChI is InChI=1S/C17H24N4OS/c1-22-13-9-16-19-17(23-20-16)18-15-6-4-14(5-7-15)8-12-21-10-2-3-11-21/h4-7H,2-3,8-13H2,1H3,(H,18,19,20). The maximum atomic E-state index is 5.05. The number of rotatable bonds is 8. The van der Waals surface area contributed by atoms with Gasteiger partial charge in [0.15, 0.2) is 0 Å². The molecule has 5 nitrogen and oxygen atoms in total. The fourth-order valence-electron chi connectivity index (χ4n) is 2.77. The molecular weight excluding hydrogens is 308 g/mol. The number of likely N-dealkylation sites (tertiary alicyclic amines) is 1. The number of nitrogens with zero attached hydrogens (tertiary/aromatic N) is 3. The lowest BCUT2D eigenvalue weighted by atomic mass is 10.1. The van der Waals surface area contributed by atoms with Crippen LogP contribution in [0.15, 0.2) is 24.3 Å². The Morgan fingerprint density at radius 3 is 2.70 bits per heavy atom. The average Bonchev–Trinajstić information content (AvgIpc) is 3.24. The average molecular weight is 332 g/mol. The molecule has 1 aliphatic heterocycles. The van der Waals surface area contributed by atoms with E-state index in [0.29, 0.717) is 6.61 Å². The van der Waals surface area contributed by atoms with Crippen LogP contribution in [-0.4, -0.2) is 47.6 Å². The van der Waals surface area contributed by atoms with Crippen LogP contribution in [0.4, 0.5) is 10.8 Å². The van der Waals surface area contributed by atoms with E-state index in [0.717, 1.165) is 29.5 Å². The Bertz CT molecular complexity index is 593. The smallest absolute Gasteiger partial charge is 0.207 e. The van der Waals surface area contributed by atoms with Gasteiger partial charge in [-0.15, -0.1) is 0 Å². The molecule has 0 amide bonds. The molecule has 1 aromatic carbocycles. The van der Waals surface area contributed by atoms with Crippen molar-refractivity contribution in [3.8, 4) is 0 Å². The summed E-state index contributed by atoms with van der Waals surface area (Å²) in [7, 11) is 1.69. The van der Waals surface area contributed by atoms with Crippen LogP contribution in [0.25, 0.3) is 0 Å². The van der Waals surface area contributed by atoms with Crippen molar-refractivity contribution in [2.24, 2.45) is 0 Å². The monoisotopic (exact) mass is 332 g/mol. The highest BCUT2D eigenvalue weighted by Gasteiger charge is 2.10. The van der Waals surface area contributed by atoms with Crippen molar-refractivity contribution in [2.45, 2.75) is 25.7 Å². The van der Waals surface area contributed by atoms with Crippen LogP contribution < -0.4 is 5.32 Å². The molecule has 1 aromatic heterocycles. The first kappa shape index (κ1) is 16.4. The number of aromatic nitrogens is 2. The minimum Gasteiger partial charge on any atom is -0.384 e. The molecule has 23 heavy (non-hydrogen) atoms. The number of anilines is 2. The molecule has 1 saturated heterocycles. The van der Waals surface area contributed by atoms with Gasteiger partial charge < -0.3 is 15.0 Å². The number of ether oxygens (including phenoxy) is 1. The van der Waals surface area contributed by atoms with E-state index in [1.807, 2.05) is 0 Å². The molecule has 1 fully saturated rings. The topological polar surface area (TPSA) is 50.3 Å². The van der Waals surface area contributed by atoms with E-state index < -0.39 is 0 Å². The third-order valence-corrected chi connectivity index (χ3v) is 4.79. The van der Waals surface area contributed by atoms with Gasteiger partial charge in [0, 0.05) is 37.3 Å². The van der Waals surface area contributed by atoms with Gasteiger partial charge in [0.1, 0.15) is 5.82 Å². The van der Waals surface area contributed by atoms with Crippen molar-refractivity contribution in [3.05, 3.63) is 35.7 Å². The van der Waals surface area contributed by atoms with Gasteiger partial charge in [0.2, 0.25) is 5.13 Å². The Labute approximate surface area is 141 Å². The van der Waals surface area contributed by atoms with Crippen LogP contribution in [0, 0.1) is 0 Å². The zero-order chi connectivity index (χ0) is 15.9. The minimum atomic E-state index is 0.655. The number of benzene rings is 1. The maximum Gasteiger partial charge on any atom is 0.207 e. The summed E-state index contributed by atoms with van der Waals surface area (Å²) in [5.41, 5.74) is 2.45. The lowest BCUT2D eigenvalue weighted by molar-refractivity contribution is 0.201. The van der Waals surface area contributed by atoms with E-state index in [-0.39, 0.29) is 0 Å². The molecule has 0 bridgehead atoms. The molecule has 0 atom stereocenters. The van der Waals surface area contributed by atoms with Gasteiger partial charge in [-0.2, -0.15) is 4.37 Å². The van der Waals surface area contributed by atoms with Crippen LogP contribution in [0.3, 0.4) is 0 Å². The third-order valence-electron chi connectivity index (χ3n) is 4.12. The zero-order valence-electron chi connectivity index (χ0n) is 13.6. The highest BCUT2D eigenvalue weighted by Crippen LogP contribution is 2.19. The predicted octanol–water partition coefficient (Wildman–Crippen LogP) is 3.11. The lowest BCUT2D eigenvalue weighted by Gasteiger charge is -2.14. The summed E-state index contributed by atoms with van der Waals surface area (Å²) in [6.45, 7) is 4.36. The quantitative estimate of drug-likeness (QED) is 0.805. The number of nitrogens with one attached hydrogen (secondary N) is 1. The molecule has 1 aliphatic rings. The molecule has 6 heteroatoms. The Morgan fingerprint density at radius 2 is 1.96 bits per heavy atom. The molecule has 0 aliphatic carbocycles. The van der Waals surface area contributed by atoms with Gasteiger partial charge in [0.25, 0.3) is 0 Å². The van der Waals surface area contributed by atoms with Crippen LogP contribution in [0.2, 0.25) is 0 Å². The zero-order valence-corrected chi connectivity index (χ0v) is 14.4. The van der Waals surface area contributed by atoms with Gasteiger partial charge in [-0.3, -0.25) is 0 Å². The van der Waals surface area contributed by atoms with Crippen molar-refractivity contribution in [2.75, 3.05) is 38.7 Å². The molecule has 0 saturated carbocycles. The number of hydrogen-bond donors (Lipinski definition) is 1. The molecule has 1 N–H and O–H groups in total. The molecule has 0 radical (unpaired) electrons. The van der Waals surface area contributed by atoms with Crippen LogP contribution in [-0.2, 0) is 17.6 Å². The van der Waals surface area contributed by atoms with Crippen molar-refractivity contribution in [1.29, 1.82) is 0 Å². The lowest BCUT2D eigenvalue weighted by Crippen LogP contribution is -2.21. The van der Waals surface area contributed by atoms with Crippen molar-refractivity contribution >= 4 is 22.4 Å². The molecule has 0 unspecified atom stereocenters.